The van der Waals surface area contributed by atoms with E-state index in [-0.39, 0.29) is 27.2 Å². The van der Waals surface area contributed by atoms with E-state index in [9.17, 15) is 9.59 Å². The molecular weight excluding hydrogens is 295 g/mol. The number of halogens is 2. The van der Waals surface area contributed by atoms with E-state index in [1.54, 1.807) is 0 Å². The lowest BCUT2D eigenvalue weighted by molar-refractivity contribution is 0.0694. The molecule has 1 heterocycles. The van der Waals surface area contributed by atoms with Crippen LogP contribution in [-0.2, 0) is 0 Å². The third-order valence-corrected chi connectivity index (χ3v) is 2.71. The Morgan fingerprint density at radius 2 is 2.11 bits per heavy atom. The van der Waals surface area contributed by atoms with Gasteiger partial charge in [-0.1, -0.05) is 23.2 Å². The molecule has 19 heavy (non-hydrogen) atoms. The largest absolute Gasteiger partial charge is 0.478 e. The molecule has 0 aliphatic carbocycles. The zero-order valence-corrected chi connectivity index (χ0v) is 10.7. The number of nitrogens with zero attached hydrogens (tertiary/aromatic N) is 1. The van der Waals surface area contributed by atoms with Crippen LogP contribution in [0.5, 0.6) is 11.6 Å². The molecule has 0 saturated carbocycles. The minimum absolute atomic E-state index is 0.0556. The second-order valence-corrected chi connectivity index (χ2v) is 4.21. The number of H-pyrrole nitrogens is 1. The first-order chi connectivity index (χ1) is 8.99. The van der Waals surface area contributed by atoms with Crippen molar-refractivity contribution in [1.29, 1.82) is 0 Å². The summed E-state index contributed by atoms with van der Waals surface area (Å²) in [5.41, 5.74) is -0.715. The molecule has 98 valence electrons. The summed E-state index contributed by atoms with van der Waals surface area (Å²) in [5.74, 6) is -1.46. The van der Waals surface area contributed by atoms with Crippen molar-refractivity contribution in [3.05, 3.63) is 50.5 Å². The number of hydrogen-bond acceptors (Lipinski definition) is 4. The minimum atomic E-state index is -1.20. The number of aromatic amines is 1. The summed E-state index contributed by atoms with van der Waals surface area (Å²) in [4.78, 5) is 28.3. The topological polar surface area (TPSA) is 92.3 Å². The first-order valence-electron chi connectivity index (χ1n) is 4.93. The van der Waals surface area contributed by atoms with Crippen LogP contribution < -0.4 is 10.3 Å². The molecule has 1 aromatic heterocycles. The van der Waals surface area contributed by atoms with Crippen LogP contribution in [-0.4, -0.2) is 21.0 Å². The van der Waals surface area contributed by atoms with Gasteiger partial charge in [0.15, 0.2) is 5.02 Å². The fourth-order valence-electron chi connectivity index (χ4n) is 1.30. The van der Waals surface area contributed by atoms with Crippen LogP contribution in [0.3, 0.4) is 0 Å². The van der Waals surface area contributed by atoms with Gasteiger partial charge in [0.25, 0.3) is 5.56 Å². The van der Waals surface area contributed by atoms with Gasteiger partial charge in [-0.15, -0.1) is 0 Å². The smallest absolute Gasteiger partial charge is 0.339 e. The van der Waals surface area contributed by atoms with Crippen LogP contribution in [0.4, 0.5) is 0 Å². The highest BCUT2D eigenvalue weighted by atomic mass is 35.5. The van der Waals surface area contributed by atoms with Gasteiger partial charge in [0.2, 0.25) is 5.88 Å². The molecule has 0 radical (unpaired) electrons. The van der Waals surface area contributed by atoms with Gasteiger partial charge in [-0.05, 0) is 12.1 Å². The highest BCUT2D eigenvalue weighted by Gasteiger charge is 2.15. The fraction of sp³-hybridized carbons (Fsp3) is 0. The lowest BCUT2D eigenvalue weighted by Gasteiger charge is -2.08. The Hall–Kier alpha value is -2.05. The third-order valence-electron chi connectivity index (χ3n) is 2.15. The van der Waals surface area contributed by atoms with Crippen molar-refractivity contribution in [3.63, 3.8) is 0 Å². The van der Waals surface area contributed by atoms with Crippen LogP contribution in [0, 0.1) is 0 Å². The monoisotopic (exact) mass is 300 g/mol. The number of rotatable bonds is 3. The number of carboxylic acid groups (broad SMARTS) is 1. The summed E-state index contributed by atoms with van der Waals surface area (Å²) in [6, 6.07) is 3.98. The minimum Gasteiger partial charge on any atom is -0.478 e. The van der Waals surface area contributed by atoms with Gasteiger partial charge in [0, 0.05) is 11.1 Å². The second kappa shape index (κ2) is 5.29. The van der Waals surface area contributed by atoms with Crippen LogP contribution in [0.1, 0.15) is 10.4 Å². The average molecular weight is 301 g/mol. The molecule has 2 rings (SSSR count). The van der Waals surface area contributed by atoms with E-state index in [1.807, 2.05) is 0 Å². The first kappa shape index (κ1) is 13.4. The number of nitrogens with one attached hydrogen (secondary N) is 1. The SMILES string of the molecule is O=C(O)c1ccc(Cl)cc1Oc1nc[nH]c(=O)c1Cl. The van der Waals surface area contributed by atoms with Gasteiger partial charge in [0.1, 0.15) is 11.3 Å². The normalized spacial score (nSPS) is 10.2. The number of carbonyl (C=O) groups is 1. The summed E-state index contributed by atoms with van der Waals surface area (Å²) in [5, 5.41) is 9.01. The van der Waals surface area contributed by atoms with Crippen molar-refractivity contribution >= 4 is 29.2 Å². The Morgan fingerprint density at radius 1 is 1.37 bits per heavy atom. The summed E-state index contributed by atoms with van der Waals surface area (Å²) in [6.07, 6.45) is 1.09. The van der Waals surface area contributed by atoms with Crippen molar-refractivity contribution in [2.24, 2.45) is 0 Å². The number of ether oxygens (including phenoxy) is 1. The van der Waals surface area contributed by atoms with E-state index < -0.39 is 11.5 Å². The van der Waals surface area contributed by atoms with Crippen LogP contribution in [0.2, 0.25) is 10.0 Å². The second-order valence-electron chi connectivity index (χ2n) is 3.40. The number of aromatic nitrogens is 2. The van der Waals surface area contributed by atoms with Crippen molar-refractivity contribution < 1.29 is 14.6 Å². The lowest BCUT2D eigenvalue weighted by atomic mass is 10.2. The molecule has 0 unspecified atom stereocenters. The van der Waals surface area contributed by atoms with Crippen molar-refractivity contribution in [1.82, 2.24) is 9.97 Å². The van der Waals surface area contributed by atoms with Crippen LogP contribution >= 0.6 is 23.2 Å². The molecule has 0 spiro atoms. The molecular formula is C11H6Cl2N2O4. The standard InChI is InChI=1S/C11H6Cl2N2O4/c12-5-1-2-6(11(17)18)7(3-5)19-10-8(13)9(16)14-4-15-10/h1-4H,(H,17,18)(H,14,15,16). The number of benzene rings is 1. The van der Waals surface area contributed by atoms with Crippen molar-refractivity contribution in [3.8, 4) is 11.6 Å². The van der Waals surface area contributed by atoms with Gasteiger partial charge in [-0.3, -0.25) is 4.79 Å². The van der Waals surface area contributed by atoms with E-state index in [2.05, 4.69) is 9.97 Å². The van der Waals surface area contributed by atoms with E-state index in [0.29, 0.717) is 0 Å². The van der Waals surface area contributed by atoms with E-state index in [1.165, 1.54) is 18.2 Å². The molecule has 0 bridgehead atoms. The van der Waals surface area contributed by atoms with Crippen LogP contribution in [0.25, 0.3) is 0 Å². The van der Waals surface area contributed by atoms with Gasteiger partial charge in [-0.25, -0.2) is 9.78 Å². The van der Waals surface area contributed by atoms with Gasteiger partial charge in [0.05, 0.1) is 6.33 Å². The summed E-state index contributed by atoms with van der Waals surface area (Å²) >= 11 is 11.5. The van der Waals surface area contributed by atoms with Crippen molar-refractivity contribution in [2.45, 2.75) is 0 Å². The van der Waals surface area contributed by atoms with E-state index in [0.717, 1.165) is 6.33 Å². The third kappa shape index (κ3) is 2.86. The van der Waals surface area contributed by atoms with Gasteiger partial charge in [-0.2, -0.15) is 0 Å². The zero-order chi connectivity index (χ0) is 14.0. The Labute approximate surface area is 116 Å². The zero-order valence-electron chi connectivity index (χ0n) is 9.18. The maximum Gasteiger partial charge on any atom is 0.339 e. The highest BCUT2D eigenvalue weighted by molar-refractivity contribution is 6.31. The van der Waals surface area contributed by atoms with Gasteiger partial charge >= 0.3 is 5.97 Å². The predicted octanol–water partition coefficient (Wildman–Crippen LogP) is 2.57. The Balaban J connectivity index is 2.48. The molecule has 6 nitrogen and oxygen atoms in total. The maximum atomic E-state index is 11.3. The van der Waals surface area contributed by atoms with E-state index >= 15 is 0 Å². The maximum absolute atomic E-state index is 11.3. The summed E-state index contributed by atoms with van der Waals surface area (Å²) in [6.45, 7) is 0. The molecule has 0 atom stereocenters. The fourth-order valence-corrected chi connectivity index (χ4v) is 1.60. The number of aromatic carboxylic acids is 1. The lowest BCUT2D eigenvalue weighted by Crippen LogP contribution is -2.09. The van der Waals surface area contributed by atoms with E-state index in [4.69, 9.17) is 33.0 Å². The quantitative estimate of drug-likeness (QED) is 0.909. The molecule has 0 saturated heterocycles. The molecule has 8 heteroatoms. The molecule has 2 N–H and O–H groups in total. The van der Waals surface area contributed by atoms with Crippen molar-refractivity contribution in [2.75, 3.05) is 0 Å². The number of hydrogen-bond donors (Lipinski definition) is 2. The molecule has 1 aromatic carbocycles. The Morgan fingerprint density at radius 3 is 2.79 bits per heavy atom. The summed E-state index contributed by atoms with van der Waals surface area (Å²) in [7, 11) is 0. The Kier molecular flexibility index (Phi) is 3.73. The van der Waals surface area contributed by atoms with Crippen LogP contribution in [0.15, 0.2) is 29.3 Å². The average Bonchev–Trinajstić information content (AvgIpc) is 2.35. The first-order valence-corrected chi connectivity index (χ1v) is 5.68. The molecule has 2 aromatic rings. The molecule has 0 amide bonds. The summed E-state index contributed by atoms with van der Waals surface area (Å²) < 4.78 is 5.23. The highest BCUT2D eigenvalue weighted by Crippen LogP contribution is 2.29. The Bertz CT molecular complexity index is 699. The molecule has 0 aliphatic rings. The predicted molar refractivity (Wildman–Crippen MR) is 68.4 cm³/mol. The molecule has 0 fully saturated rings. The number of carboxylic acids is 1. The van der Waals surface area contributed by atoms with Gasteiger partial charge < -0.3 is 14.8 Å². The molecule has 0 aliphatic heterocycles.